The van der Waals surface area contributed by atoms with E-state index in [2.05, 4.69) is 63.6 Å². The largest absolute Gasteiger partial charge is 0.271 e. The normalized spacial score (nSPS) is 12.5. The predicted molar refractivity (Wildman–Crippen MR) is 89.8 cm³/mol. The van der Waals surface area contributed by atoms with Gasteiger partial charge in [0.15, 0.2) is 0 Å². The Morgan fingerprint density at radius 1 is 1.14 bits per heavy atom. The molecule has 2 aromatic carbocycles. The van der Waals surface area contributed by atoms with Gasteiger partial charge in [-0.3, -0.25) is 10.8 Å². The zero-order chi connectivity index (χ0) is 14.8. The monoisotopic (exact) mass is 341 g/mol. The SMILES string of the molecule is Cc1c(Br)cccc1C(NN)c1ccc2cccnc2c1. The van der Waals surface area contributed by atoms with Gasteiger partial charge in [-0.1, -0.05) is 46.3 Å². The van der Waals surface area contributed by atoms with E-state index in [4.69, 9.17) is 5.84 Å². The Bertz CT molecular complexity index is 786. The van der Waals surface area contributed by atoms with Gasteiger partial charge in [0.2, 0.25) is 0 Å². The van der Waals surface area contributed by atoms with Crippen molar-refractivity contribution in [3.63, 3.8) is 0 Å². The number of pyridine rings is 1. The Morgan fingerprint density at radius 2 is 2.00 bits per heavy atom. The van der Waals surface area contributed by atoms with Gasteiger partial charge in [0.1, 0.15) is 0 Å². The number of hydrogen-bond acceptors (Lipinski definition) is 3. The number of nitrogens with one attached hydrogen (secondary N) is 1. The lowest BCUT2D eigenvalue weighted by Gasteiger charge is -2.20. The van der Waals surface area contributed by atoms with Crippen LogP contribution in [-0.4, -0.2) is 4.98 Å². The zero-order valence-electron chi connectivity index (χ0n) is 11.7. The first-order valence-corrected chi connectivity index (χ1v) is 7.56. The van der Waals surface area contributed by atoms with Crippen molar-refractivity contribution < 1.29 is 0 Å². The van der Waals surface area contributed by atoms with Gasteiger partial charge < -0.3 is 0 Å². The van der Waals surface area contributed by atoms with Crippen molar-refractivity contribution in [2.75, 3.05) is 0 Å². The van der Waals surface area contributed by atoms with E-state index in [1.807, 2.05) is 18.2 Å². The fourth-order valence-corrected chi connectivity index (χ4v) is 2.95. The van der Waals surface area contributed by atoms with Crippen LogP contribution in [0, 0.1) is 6.92 Å². The van der Waals surface area contributed by atoms with E-state index in [-0.39, 0.29) is 6.04 Å². The van der Waals surface area contributed by atoms with Gasteiger partial charge in [0.25, 0.3) is 0 Å². The fourth-order valence-electron chi connectivity index (χ4n) is 2.57. The Labute approximate surface area is 132 Å². The predicted octanol–water partition coefficient (Wildman–Crippen LogP) is 3.86. The minimum atomic E-state index is -0.0612. The summed E-state index contributed by atoms with van der Waals surface area (Å²) in [5.41, 5.74) is 7.33. The lowest BCUT2D eigenvalue weighted by molar-refractivity contribution is 0.634. The van der Waals surface area contributed by atoms with Crippen molar-refractivity contribution in [3.8, 4) is 0 Å². The summed E-state index contributed by atoms with van der Waals surface area (Å²) in [6.45, 7) is 2.09. The van der Waals surface area contributed by atoms with E-state index in [0.29, 0.717) is 0 Å². The molecule has 3 N–H and O–H groups in total. The molecule has 0 spiro atoms. The molecule has 0 aliphatic carbocycles. The molecule has 0 radical (unpaired) electrons. The molecule has 1 unspecified atom stereocenters. The summed E-state index contributed by atoms with van der Waals surface area (Å²) in [5, 5.41) is 1.13. The van der Waals surface area contributed by atoms with Crippen LogP contribution in [0.25, 0.3) is 10.9 Å². The average molecular weight is 342 g/mol. The highest BCUT2D eigenvalue weighted by molar-refractivity contribution is 9.10. The van der Waals surface area contributed by atoms with Gasteiger partial charge in [0, 0.05) is 16.1 Å². The molecular formula is C17H16BrN3. The maximum atomic E-state index is 5.81. The third-order valence-electron chi connectivity index (χ3n) is 3.75. The van der Waals surface area contributed by atoms with E-state index < -0.39 is 0 Å². The van der Waals surface area contributed by atoms with Gasteiger partial charge in [-0.15, -0.1) is 0 Å². The highest BCUT2D eigenvalue weighted by Gasteiger charge is 2.16. The lowest BCUT2D eigenvalue weighted by Crippen LogP contribution is -2.29. The summed E-state index contributed by atoms with van der Waals surface area (Å²) >= 11 is 3.57. The Hall–Kier alpha value is -1.75. The summed E-state index contributed by atoms with van der Waals surface area (Å²) in [7, 11) is 0. The summed E-state index contributed by atoms with van der Waals surface area (Å²) in [5.74, 6) is 5.81. The molecule has 106 valence electrons. The molecule has 1 atom stereocenters. The fraction of sp³-hybridized carbons (Fsp3) is 0.118. The molecule has 3 nitrogen and oxygen atoms in total. The molecule has 3 aromatic rings. The molecule has 0 aliphatic heterocycles. The van der Waals surface area contributed by atoms with Gasteiger partial charge >= 0.3 is 0 Å². The Morgan fingerprint density at radius 3 is 2.81 bits per heavy atom. The molecule has 21 heavy (non-hydrogen) atoms. The van der Waals surface area contributed by atoms with E-state index in [1.54, 1.807) is 6.20 Å². The van der Waals surface area contributed by atoms with Crippen molar-refractivity contribution in [2.45, 2.75) is 13.0 Å². The number of hydrogen-bond donors (Lipinski definition) is 2. The van der Waals surface area contributed by atoms with Gasteiger partial charge in [0.05, 0.1) is 11.6 Å². The Kier molecular flexibility index (Phi) is 4.01. The summed E-state index contributed by atoms with van der Waals surface area (Å²) in [6.07, 6.45) is 1.81. The van der Waals surface area contributed by atoms with Gasteiger partial charge in [-0.2, -0.15) is 0 Å². The van der Waals surface area contributed by atoms with Gasteiger partial charge in [-0.05, 0) is 41.8 Å². The second kappa shape index (κ2) is 5.93. The number of halogens is 1. The second-order valence-electron chi connectivity index (χ2n) is 5.01. The van der Waals surface area contributed by atoms with E-state index in [9.17, 15) is 0 Å². The molecule has 4 heteroatoms. The topological polar surface area (TPSA) is 50.9 Å². The van der Waals surface area contributed by atoms with Crippen LogP contribution >= 0.6 is 15.9 Å². The molecule has 0 amide bonds. The van der Waals surface area contributed by atoms with E-state index >= 15 is 0 Å². The molecule has 0 fully saturated rings. The van der Waals surface area contributed by atoms with E-state index in [1.165, 1.54) is 5.56 Å². The van der Waals surface area contributed by atoms with Crippen LogP contribution in [0.4, 0.5) is 0 Å². The molecule has 1 heterocycles. The number of nitrogens with two attached hydrogens (primary N) is 1. The first-order chi connectivity index (χ1) is 10.2. The maximum Gasteiger partial charge on any atom is 0.0713 e. The minimum Gasteiger partial charge on any atom is -0.271 e. The third kappa shape index (κ3) is 2.70. The number of rotatable bonds is 3. The van der Waals surface area contributed by atoms with Crippen molar-refractivity contribution >= 4 is 26.8 Å². The smallest absolute Gasteiger partial charge is 0.0713 e. The zero-order valence-corrected chi connectivity index (χ0v) is 13.3. The number of aromatic nitrogens is 1. The van der Waals surface area contributed by atoms with Crippen molar-refractivity contribution in [2.24, 2.45) is 5.84 Å². The van der Waals surface area contributed by atoms with Crippen LogP contribution < -0.4 is 11.3 Å². The second-order valence-corrected chi connectivity index (χ2v) is 5.86. The highest BCUT2D eigenvalue weighted by Crippen LogP contribution is 2.29. The molecule has 0 saturated carbocycles. The van der Waals surface area contributed by atoms with Crippen LogP contribution in [0.1, 0.15) is 22.7 Å². The first-order valence-electron chi connectivity index (χ1n) is 6.76. The maximum absolute atomic E-state index is 5.81. The number of benzene rings is 2. The van der Waals surface area contributed by atoms with Gasteiger partial charge in [-0.25, -0.2) is 5.43 Å². The molecular weight excluding hydrogens is 326 g/mol. The van der Waals surface area contributed by atoms with Crippen LogP contribution in [0.5, 0.6) is 0 Å². The number of nitrogens with zero attached hydrogens (tertiary/aromatic N) is 1. The van der Waals surface area contributed by atoms with Crippen molar-refractivity contribution in [1.29, 1.82) is 0 Å². The van der Waals surface area contributed by atoms with E-state index in [0.717, 1.165) is 26.5 Å². The quantitative estimate of drug-likeness (QED) is 0.561. The summed E-state index contributed by atoms with van der Waals surface area (Å²) in [4.78, 5) is 4.41. The highest BCUT2D eigenvalue weighted by atomic mass is 79.9. The van der Waals surface area contributed by atoms with Crippen molar-refractivity contribution in [1.82, 2.24) is 10.4 Å². The molecule has 0 bridgehead atoms. The summed E-state index contributed by atoms with van der Waals surface area (Å²) < 4.78 is 1.08. The Balaban J connectivity index is 2.11. The molecule has 0 aliphatic rings. The lowest BCUT2D eigenvalue weighted by atomic mass is 9.95. The average Bonchev–Trinajstić information content (AvgIpc) is 2.52. The molecule has 1 aromatic heterocycles. The number of hydrazine groups is 1. The third-order valence-corrected chi connectivity index (χ3v) is 4.61. The molecule has 3 rings (SSSR count). The standard InChI is InChI=1S/C17H16BrN3/c1-11-14(5-2-6-15(11)18)17(21-19)13-8-7-12-4-3-9-20-16(12)10-13/h2-10,17,21H,19H2,1H3. The van der Waals surface area contributed by atoms with Crippen LogP contribution in [0.3, 0.4) is 0 Å². The van der Waals surface area contributed by atoms with Crippen LogP contribution in [-0.2, 0) is 0 Å². The van der Waals surface area contributed by atoms with Crippen molar-refractivity contribution in [3.05, 3.63) is 75.9 Å². The minimum absolute atomic E-state index is 0.0612. The van der Waals surface area contributed by atoms with Crippen LogP contribution in [0.15, 0.2) is 59.2 Å². The number of fused-ring (bicyclic) bond motifs is 1. The molecule has 0 saturated heterocycles. The summed E-state index contributed by atoms with van der Waals surface area (Å²) in [6, 6.07) is 16.3. The van der Waals surface area contributed by atoms with Crippen LogP contribution in [0.2, 0.25) is 0 Å². The first kappa shape index (κ1) is 14.2.